The van der Waals surface area contributed by atoms with Crippen molar-refractivity contribution in [3.05, 3.63) is 63.7 Å². The highest BCUT2D eigenvalue weighted by atomic mass is 14.3. The molecular formula is C28H38. The van der Waals surface area contributed by atoms with Crippen molar-refractivity contribution in [1.29, 1.82) is 0 Å². The zero-order valence-electron chi connectivity index (χ0n) is 19.7. The molecule has 0 N–H and O–H groups in total. The molecule has 0 heterocycles. The van der Waals surface area contributed by atoms with Gasteiger partial charge in [-0.2, -0.15) is 0 Å². The Morgan fingerprint density at radius 2 is 1.07 bits per heavy atom. The second-order valence-electron chi connectivity index (χ2n) is 11.8. The van der Waals surface area contributed by atoms with Gasteiger partial charge in [0.05, 0.1) is 0 Å². The molecule has 3 rings (SSSR count). The van der Waals surface area contributed by atoms with Gasteiger partial charge in [-0.3, -0.25) is 0 Å². The van der Waals surface area contributed by atoms with E-state index in [-0.39, 0.29) is 16.2 Å². The third-order valence-corrected chi connectivity index (χ3v) is 5.97. The summed E-state index contributed by atoms with van der Waals surface area (Å²) in [6.45, 7) is 23.1. The first-order chi connectivity index (χ1) is 12.7. The number of allylic oxidation sites excluding steroid dienone is 1. The smallest absolute Gasteiger partial charge is 0.00603 e. The average Bonchev–Trinajstić information content (AvgIpc) is 2.91. The molecule has 0 saturated carbocycles. The van der Waals surface area contributed by atoms with Crippen molar-refractivity contribution < 1.29 is 0 Å². The summed E-state index contributed by atoms with van der Waals surface area (Å²) < 4.78 is 0. The standard InChI is InChI=1S/C28H38/c1-18-11-19-13-23(28(8,9)10)17-25(24(19)12-18)20-14-21(26(2,3)4)16-22(15-20)27(5,6)7/h12-17H,11H2,1-10H3. The maximum absolute atomic E-state index is 2.45. The predicted molar refractivity (Wildman–Crippen MR) is 125 cm³/mol. The molecule has 2 aromatic carbocycles. The predicted octanol–water partition coefficient (Wildman–Crippen LogP) is 8.21. The SMILES string of the molecule is CC1=Cc2c(cc(C(C)(C)C)cc2-c2cc(C(C)(C)C)cc(C(C)(C)C)c2)C1. The molecule has 0 aromatic heterocycles. The highest BCUT2D eigenvalue weighted by molar-refractivity contribution is 5.82. The number of hydrogen-bond donors (Lipinski definition) is 0. The Kier molecular flexibility index (Phi) is 4.94. The van der Waals surface area contributed by atoms with Crippen LogP contribution in [0.15, 0.2) is 35.9 Å². The van der Waals surface area contributed by atoms with Crippen molar-refractivity contribution in [1.82, 2.24) is 0 Å². The first kappa shape index (κ1) is 20.9. The third-order valence-electron chi connectivity index (χ3n) is 5.97. The first-order valence-electron chi connectivity index (χ1n) is 10.7. The van der Waals surface area contributed by atoms with Crippen LogP contribution in [0.1, 0.15) is 97.1 Å². The van der Waals surface area contributed by atoms with E-state index in [0.717, 1.165) is 6.42 Å². The van der Waals surface area contributed by atoms with Gasteiger partial charge in [-0.15, -0.1) is 0 Å². The van der Waals surface area contributed by atoms with Gasteiger partial charge in [0.15, 0.2) is 0 Å². The summed E-state index contributed by atoms with van der Waals surface area (Å²) in [6, 6.07) is 12.2. The van der Waals surface area contributed by atoms with Gasteiger partial charge < -0.3 is 0 Å². The number of hydrogen-bond acceptors (Lipinski definition) is 0. The molecule has 28 heavy (non-hydrogen) atoms. The molecule has 0 fully saturated rings. The van der Waals surface area contributed by atoms with Crippen LogP contribution < -0.4 is 0 Å². The molecule has 0 saturated heterocycles. The molecule has 0 unspecified atom stereocenters. The molecule has 0 amide bonds. The lowest BCUT2D eigenvalue weighted by atomic mass is 9.77. The Labute approximate surface area is 173 Å². The highest BCUT2D eigenvalue weighted by Gasteiger charge is 2.25. The molecule has 150 valence electrons. The fourth-order valence-electron chi connectivity index (χ4n) is 3.95. The summed E-state index contributed by atoms with van der Waals surface area (Å²) >= 11 is 0. The van der Waals surface area contributed by atoms with Crippen molar-refractivity contribution >= 4 is 6.08 Å². The minimum atomic E-state index is 0.132. The lowest BCUT2D eigenvalue weighted by molar-refractivity contribution is 0.569. The Bertz CT molecular complexity index is 899. The molecule has 0 spiro atoms. The van der Waals surface area contributed by atoms with Gasteiger partial charge in [0.25, 0.3) is 0 Å². The van der Waals surface area contributed by atoms with E-state index in [4.69, 9.17) is 0 Å². The van der Waals surface area contributed by atoms with Crippen molar-refractivity contribution in [3.8, 4) is 11.1 Å². The average molecular weight is 375 g/mol. The molecule has 0 nitrogen and oxygen atoms in total. The first-order valence-corrected chi connectivity index (χ1v) is 10.7. The van der Waals surface area contributed by atoms with Crippen molar-refractivity contribution in [2.45, 2.75) is 91.9 Å². The largest absolute Gasteiger partial charge is 0.0683 e. The number of benzene rings is 2. The van der Waals surface area contributed by atoms with Gasteiger partial charge in [-0.1, -0.05) is 104 Å². The lowest BCUT2D eigenvalue weighted by Crippen LogP contribution is -2.17. The molecule has 1 aliphatic carbocycles. The number of rotatable bonds is 1. The van der Waals surface area contributed by atoms with E-state index in [1.54, 1.807) is 0 Å². The summed E-state index contributed by atoms with van der Waals surface area (Å²) in [5.41, 5.74) is 11.8. The van der Waals surface area contributed by atoms with Gasteiger partial charge in [0.1, 0.15) is 0 Å². The van der Waals surface area contributed by atoms with E-state index in [1.807, 2.05) is 0 Å². The zero-order valence-corrected chi connectivity index (χ0v) is 19.7. The fourth-order valence-corrected chi connectivity index (χ4v) is 3.95. The molecule has 1 aliphatic rings. The van der Waals surface area contributed by atoms with Crippen LogP contribution in [0.3, 0.4) is 0 Å². The molecular weight excluding hydrogens is 336 g/mol. The lowest BCUT2D eigenvalue weighted by Gasteiger charge is -2.27. The van der Waals surface area contributed by atoms with Crippen LogP contribution in [0.5, 0.6) is 0 Å². The topological polar surface area (TPSA) is 0 Å². The minimum absolute atomic E-state index is 0.132. The van der Waals surface area contributed by atoms with Gasteiger partial charge >= 0.3 is 0 Å². The number of fused-ring (bicyclic) bond motifs is 1. The van der Waals surface area contributed by atoms with E-state index in [9.17, 15) is 0 Å². The quantitative estimate of drug-likeness (QED) is 0.472. The monoisotopic (exact) mass is 374 g/mol. The summed E-state index contributed by atoms with van der Waals surface area (Å²) in [5, 5.41) is 0. The molecule has 2 aromatic rings. The van der Waals surface area contributed by atoms with E-state index in [0.29, 0.717) is 0 Å². The third kappa shape index (κ3) is 4.12. The Morgan fingerprint density at radius 3 is 1.54 bits per heavy atom. The van der Waals surface area contributed by atoms with Crippen molar-refractivity contribution in [2.75, 3.05) is 0 Å². The second kappa shape index (κ2) is 6.61. The van der Waals surface area contributed by atoms with E-state index in [2.05, 4.69) is 106 Å². The van der Waals surface area contributed by atoms with Crippen LogP contribution in [-0.4, -0.2) is 0 Å². The van der Waals surface area contributed by atoms with Gasteiger partial charge in [0, 0.05) is 0 Å². The van der Waals surface area contributed by atoms with Crippen LogP contribution in [0.2, 0.25) is 0 Å². The maximum atomic E-state index is 2.45. The van der Waals surface area contributed by atoms with Crippen molar-refractivity contribution in [3.63, 3.8) is 0 Å². The second-order valence-corrected chi connectivity index (χ2v) is 11.8. The van der Waals surface area contributed by atoms with Crippen LogP contribution >= 0.6 is 0 Å². The highest BCUT2D eigenvalue weighted by Crippen LogP contribution is 2.41. The summed E-state index contributed by atoms with van der Waals surface area (Å²) in [4.78, 5) is 0. The molecule has 0 aliphatic heterocycles. The van der Waals surface area contributed by atoms with Gasteiger partial charge in [0.2, 0.25) is 0 Å². The van der Waals surface area contributed by atoms with Crippen LogP contribution in [0, 0.1) is 0 Å². The zero-order chi connectivity index (χ0) is 21.1. The van der Waals surface area contributed by atoms with Gasteiger partial charge in [-0.25, -0.2) is 0 Å². The fraction of sp³-hybridized carbons (Fsp3) is 0.500. The molecule has 0 bridgehead atoms. The summed E-state index contributed by atoms with van der Waals surface area (Å²) in [6.07, 6.45) is 3.48. The Balaban J connectivity index is 2.33. The molecule has 0 radical (unpaired) electrons. The van der Waals surface area contributed by atoms with Crippen LogP contribution in [0.4, 0.5) is 0 Å². The van der Waals surface area contributed by atoms with Gasteiger partial charge in [-0.05, 0) is 68.5 Å². The van der Waals surface area contributed by atoms with Crippen LogP contribution in [0.25, 0.3) is 17.2 Å². The van der Waals surface area contributed by atoms with E-state index in [1.165, 1.54) is 44.5 Å². The van der Waals surface area contributed by atoms with Crippen LogP contribution in [-0.2, 0) is 22.7 Å². The summed E-state index contributed by atoms with van der Waals surface area (Å²) in [5.74, 6) is 0. The molecule has 0 atom stereocenters. The Hall–Kier alpha value is -1.82. The minimum Gasteiger partial charge on any atom is -0.0683 e. The normalized spacial score (nSPS) is 14.9. The maximum Gasteiger partial charge on any atom is -0.00603 e. The summed E-state index contributed by atoms with van der Waals surface area (Å²) in [7, 11) is 0. The molecule has 0 heteroatoms. The van der Waals surface area contributed by atoms with E-state index >= 15 is 0 Å². The Morgan fingerprint density at radius 1 is 0.607 bits per heavy atom. The van der Waals surface area contributed by atoms with Crippen molar-refractivity contribution in [2.24, 2.45) is 0 Å². The van der Waals surface area contributed by atoms with E-state index < -0.39 is 0 Å².